The van der Waals surface area contributed by atoms with Crippen LogP contribution in [0.25, 0.3) is 0 Å². The monoisotopic (exact) mass is 391 g/mol. The van der Waals surface area contributed by atoms with Gasteiger partial charge in [0.25, 0.3) is 5.91 Å². The summed E-state index contributed by atoms with van der Waals surface area (Å²) in [6.45, 7) is 5.47. The van der Waals surface area contributed by atoms with E-state index < -0.39 is 0 Å². The first-order valence-corrected chi connectivity index (χ1v) is 10.6. The summed E-state index contributed by atoms with van der Waals surface area (Å²) >= 11 is 0. The first kappa shape index (κ1) is 19.6. The van der Waals surface area contributed by atoms with Crippen LogP contribution in [0.3, 0.4) is 0 Å². The lowest BCUT2D eigenvalue weighted by molar-refractivity contribution is -0.118. The summed E-state index contributed by atoms with van der Waals surface area (Å²) < 4.78 is 0. The Morgan fingerprint density at radius 3 is 2.72 bits per heavy atom. The van der Waals surface area contributed by atoms with Crippen LogP contribution in [0.15, 0.2) is 48.5 Å². The number of nitrogens with one attached hydrogen (secondary N) is 1. The van der Waals surface area contributed by atoms with Gasteiger partial charge in [-0.05, 0) is 55.1 Å². The summed E-state index contributed by atoms with van der Waals surface area (Å²) in [5, 5.41) is 3.23. The van der Waals surface area contributed by atoms with Crippen LogP contribution in [-0.4, -0.2) is 42.4 Å². The molecule has 1 atom stereocenters. The Labute approximate surface area is 172 Å². The summed E-state index contributed by atoms with van der Waals surface area (Å²) in [6.07, 6.45) is 3.43. The highest BCUT2D eigenvalue weighted by Gasteiger charge is 2.26. The molecule has 29 heavy (non-hydrogen) atoms. The maximum absolute atomic E-state index is 12.8. The van der Waals surface area contributed by atoms with Crippen molar-refractivity contribution in [2.75, 3.05) is 24.5 Å². The molecular formula is C24H29N3O2. The van der Waals surface area contributed by atoms with Crippen LogP contribution in [0.2, 0.25) is 0 Å². The number of benzene rings is 2. The van der Waals surface area contributed by atoms with E-state index in [0.717, 1.165) is 50.1 Å². The molecule has 1 N–H and O–H groups in total. The minimum absolute atomic E-state index is 0.0142. The van der Waals surface area contributed by atoms with Gasteiger partial charge in [0.15, 0.2) is 0 Å². The van der Waals surface area contributed by atoms with E-state index in [1.54, 1.807) is 0 Å². The third-order valence-corrected chi connectivity index (χ3v) is 5.93. The van der Waals surface area contributed by atoms with Gasteiger partial charge in [0, 0.05) is 43.3 Å². The van der Waals surface area contributed by atoms with Gasteiger partial charge in [-0.25, -0.2) is 0 Å². The number of fused-ring (bicyclic) bond motifs is 1. The standard InChI is InChI=1S/C24H29N3O2/c1-2-23(28)27-14-12-19-15-20(10-11-22(19)27)24(29)25-21-9-6-13-26(17-21)16-18-7-4-3-5-8-18/h3-5,7-8,10-11,15,21H,2,6,9,12-14,16-17H2,1H3,(H,25,29). The van der Waals surface area contributed by atoms with Crippen LogP contribution in [0.4, 0.5) is 5.69 Å². The molecule has 5 heteroatoms. The van der Waals surface area contributed by atoms with Gasteiger partial charge >= 0.3 is 0 Å². The van der Waals surface area contributed by atoms with Gasteiger partial charge in [0.05, 0.1) is 0 Å². The number of anilines is 1. The molecule has 0 saturated carbocycles. The minimum Gasteiger partial charge on any atom is -0.348 e. The number of carbonyl (C=O) groups is 2. The number of piperidine rings is 1. The third-order valence-electron chi connectivity index (χ3n) is 5.93. The van der Waals surface area contributed by atoms with Gasteiger partial charge in [-0.2, -0.15) is 0 Å². The van der Waals surface area contributed by atoms with Crippen molar-refractivity contribution in [3.8, 4) is 0 Å². The van der Waals surface area contributed by atoms with Crippen molar-refractivity contribution in [3.05, 3.63) is 65.2 Å². The summed E-state index contributed by atoms with van der Waals surface area (Å²) in [7, 11) is 0. The van der Waals surface area contributed by atoms with E-state index in [4.69, 9.17) is 0 Å². The Kier molecular flexibility index (Phi) is 5.95. The second-order valence-electron chi connectivity index (χ2n) is 8.03. The van der Waals surface area contributed by atoms with Crippen molar-refractivity contribution in [1.82, 2.24) is 10.2 Å². The van der Waals surface area contributed by atoms with Gasteiger partial charge < -0.3 is 10.2 Å². The van der Waals surface area contributed by atoms with Crippen molar-refractivity contribution in [1.29, 1.82) is 0 Å². The molecular weight excluding hydrogens is 362 g/mol. The van der Waals surface area contributed by atoms with Gasteiger partial charge in [-0.1, -0.05) is 37.3 Å². The number of amides is 2. The predicted molar refractivity (Wildman–Crippen MR) is 115 cm³/mol. The average Bonchev–Trinajstić information content (AvgIpc) is 3.17. The Hall–Kier alpha value is -2.66. The Balaban J connectivity index is 1.37. The number of likely N-dealkylation sites (tertiary alicyclic amines) is 1. The van der Waals surface area contributed by atoms with Crippen molar-refractivity contribution in [2.45, 2.75) is 45.2 Å². The molecule has 152 valence electrons. The molecule has 2 aliphatic rings. The van der Waals surface area contributed by atoms with Gasteiger partial charge in [-0.15, -0.1) is 0 Å². The smallest absolute Gasteiger partial charge is 0.251 e. The van der Waals surface area contributed by atoms with Crippen molar-refractivity contribution < 1.29 is 9.59 Å². The summed E-state index contributed by atoms with van der Waals surface area (Å²) in [5.74, 6) is 0.126. The molecule has 1 saturated heterocycles. The molecule has 2 amide bonds. The Morgan fingerprint density at radius 1 is 1.10 bits per heavy atom. The predicted octanol–water partition coefficient (Wildman–Crippen LogP) is 3.38. The highest BCUT2D eigenvalue weighted by Crippen LogP contribution is 2.29. The number of rotatable bonds is 5. The molecule has 0 radical (unpaired) electrons. The van der Waals surface area contributed by atoms with E-state index in [1.807, 2.05) is 36.1 Å². The van der Waals surface area contributed by atoms with Crippen molar-refractivity contribution in [3.63, 3.8) is 0 Å². The fourth-order valence-electron chi connectivity index (χ4n) is 4.42. The SMILES string of the molecule is CCC(=O)N1CCc2cc(C(=O)NC3CCCN(Cc4ccccc4)C3)ccc21. The van der Waals surface area contributed by atoms with Gasteiger partial charge in [0.1, 0.15) is 0 Å². The zero-order valence-corrected chi connectivity index (χ0v) is 17.1. The molecule has 1 fully saturated rings. The molecule has 2 aliphatic heterocycles. The molecule has 0 aromatic heterocycles. The van der Waals surface area contributed by atoms with E-state index in [0.29, 0.717) is 18.5 Å². The normalized spacial score (nSPS) is 19.1. The first-order valence-electron chi connectivity index (χ1n) is 10.6. The average molecular weight is 392 g/mol. The highest BCUT2D eigenvalue weighted by atomic mass is 16.2. The molecule has 0 bridgehead atoms. The molecule has 4 rings (SSSR count). The number of carbonyl (C=O) groups excluding carboxylic acids is 2. The minimum atomic E-state index is -0.0142. The molecule has 0 aliphatic carbocycles. The van der Waals surface area contributed by atoms with Crippen LogP contribution >= 0.6 is 0 Å². The summed E-state index contributed by atoms with van der Waals surface area (Å²) in [4.78, 5) is 29.2. The van der Waals surface area contributed by atoms with Crippen LogP contribution in [-0.2, 0) is 17.8 Å². The topological polar surface area (TPSA) is 52.7 Å². The largest absolute Gasteiger partial charge is 0.348 e. The summed E-state index contributed by atoms with van der Waals surface area (Å²) in [6, 6.07) is 16.4. The second kappa shape index (κ2) is 8.78. The van der Waals surface area contributed by atoms with Gasteiger partial charge in [0.2, 0.25) is 5.91 Å². The molecule has 2 aromatic carbocycles. The Bertz CT molecular complexity index is 881. The summed E-state index contributed by atoms with van der Waals surface area (Å²) in [5.41, 5.74) is 4.05. The highest BCUT2D eigenvalue weighted by molar-refractivity contribution is 5.98. The van der Waals surface area contributed by atoms with E-state index in [2.05, 4.69) is 34.5 Å². The van der Waals surface area contributed by atoms with Crippen LogP contribution in [0.1, 0.15) is 47.7 Å². The molecule has 5 nitrogen and oxygen atoms in total. The zero-order valence-electron chi connectivity index (χ0n) is 17.1. The lowest BCUT2D eigenvalue weighted by Crippen LogP contribution is -2.47. The number of nitrogens with zero attached hydrogens (tertiary/aromatic N) is 2. The first-order chi connectivity index (χ1) is 14.1. The fraction of sp³-hybridized carbons (Fsp3) is 0.417. The molecule has 2 aromatic rings. The van der Waals surface area contributed by atoms with E-state index in [-0.39, 0.29) is 17.9 Å². The van der Waals surface area contributed by atoms with E-state index >= 15 is 0 Å². The second-order valence-corrected chi connectivity index (χ2v) is 8.03. The lowest BCUT2D eigenvalue weighted by Gasteiger charge is -2.33. The molecule has 2 heterocycles. The maximum Gasteiger partial charge on any atom is 0.251 e. The lowest BCUT2D eigenvalue weighted by atomic mass is 10.0. The van der Waals surface area contributed by atoms with E-state index in [1.165, 1.54) is 5.56 Å². The van der Waals surface area contributed by atoms with Crippen LogP contribution < -0.4 is 10.2 Å². The number of hydrogen-bond acceptors (Lipinski definition) is 3. The van der Waals surface area contributed by atoms with Crippen LogP contribution in [0, 0.1) is 0 Å². The molecule has 1 unspecified atom stereocenters. The van der Waals surface area contributed by atoms with E-state index in [9.17, 15) is 9.59 Å². The quantitative estimate of drug-likeness (QED) is 0.850. The van der Waals surface area contributed by atoms with Crippen molar-refractivity contribution >= 4 is 17.5 Å². The fourth-order valence-corrected chi connectivity index (χ4v) is 4.42. The molecule has 0 spiro atoms. The maximum atomic E-state index is 12.8. The third kappa shape index (κ3) is 4.51. The van der Waals surface area contributed by atoms with Crippen LogP contribution in [0.5, 0.6) is 0 Å². The Morgan fingerprint density at radius 2 is 1.93 bits per heavy atom. The zero-order chi connectivity index (χ0) is 20.2. The van der Waals surface area contributed by atoms with Gasteiger partial charge in [-0.3, -0.25) is 14.5 Å². The number of hydrogen-bond donors (Lipinski definition) is 1. The van der Waals surface area contributed by atoms with Crippen molar-refractivity contribution in [2.24, 2.45) is 0 Å².